The summed E-state index contributed by atoms with van der Waals surface area (Å²) in [6.45, 7) is 11.6. The number of aliphatic imine (C=N–C) groups is 1. The predicted octanol–water partition coefficient (Wildman–Crippen LogP) is 5.48. The number of likely N-dealkylation sites (N-methyl/N-ethyl adjacent to an activating group) is 2. The number of allylic oxidation sites excluding steroid dienone is 1. The van der Waals surface area contributed by atoms with Crippen LogP contribution in [0.25, 0.3) is 11.1 Å². The Hall–Kier alpha value is -3.55. The number of nitrogens with zero attached hydrogens (tertiary/aromatic N) is 6. The van der Waals surface area contributed by atoms with E-state index in [4.69, 9.17) is 0 Å². The lowest BCUT2D eigenvalue weighted by Crippen LogP contribution is -2.29. The Morgan fingerprint density at radius 2 is 1.77 bits per heavy atom. The molecule has 7 nitrogen and oxygen atoms in total. The van der Waals surface area contributed by atoms with Gasteiger partial charge in [0.1, 0.15) is 5.82 Å². The molecule has 1 aliphatic rings. The van der Waals surface area contributed by atoms with Crippen LogP contribution in [0.2, 0.25) is 0 Å². The number of anilines is 2. The van der Waals surface area contributed by atoms with E-state index in [1.165, 1.54) is 37.9 Å². The zero-order valence-electron chi connectivity index (χ0n) is 24.2. The Labute approximate surface area is 234 Å². The van der Waals surface area contributed by atoms with Crippen LogP contribution in [0.3, 0.4) is 0 Å². The fourth-order valence-corrected chi connectivity index (χ4v) is 4.97. The van der Waals surface area contributed by atoms with E-state index in [1.807, 2.05) is 37.8 Å². The van der Waals surface area contributed by atoms with Crippen LogP contribution in [0.5, 0.6) is 0 Å². The molecule has 1 N–H and O–H groups in total. The van der Waals surface area contributed by atoms with Crippen molar-refractivity contribution in [1.29, 1.82) is 0 Å². The van der Waals surface area contributed by atoms with Crippen molar-refractivity contribution in [3.8, 4) is 11.1 Å². The van der Waals surface area contributed by atoms with Crippen molar-refractivity contribution >= 4 is 17.2 Å². The molecule has 2 aromatic heterocycles. The van der Waals surface area contributed by atoms with Gasteiger partial charge in [-0.2, -0.15) is 0 Å². The topological polar surface area (TPSA) is 59.9 Å². The Kier molecular flexibility index (Phi) is 9.85. The van der Waals surface area contributed by atoms with Crippen molar-refractivity contribution in [2.24, 2.45) is 4.99 Å². The number of rotatable bonds is 11. The summed E-state index contributed by atoms with van der Waals surface area (Å²) in [6, 6.07) is 12.9. The maximum Gasteiger partial charge on any atom is 0.128 e. The highest BCUT2D eigenvalue weighted by molar-refractivity contribution is 6.15. The summed E-state index contributed by atoms with van der Waals surface area (Å²) in [5.41, 5.74) is 8.17. The minimum absolute atomic E-state index is 0.741. The Bertz CT molecular complexity index is 1270. The molecular weight excluding hydrogens is 482 g/mol. The minimum Gasteiger partial charge on any atom is -0.358 e. The molecule has 1 aromatic carbocycles. The second-order valence-electron chi connectivity index (χ2n) is 10.8. The van der Waals surface area contributed by atoms with Crippen LogP contribution in [-0.4, -0.2) is 79.8 Å². The summed E-state index contributed by atoms with van der Waals surface area (Å²) >= 11 is 0. The second kappa shape index (κ2) is 13.5. The highest BCUT2D eigenvalue weighted by atomic mass is 15.2. The summed E-state index contributed by atoms with van der Waals surface area (Å²) in [4.78, 5) is 20.7. The van der Waals surface area contributed by atoms with Gasteiger partial charge < -0.3 is 15.1 Å². The fourth-order valence-electron chi connectivity index (χ4n) is 4.97. The van der Waals surface area contributed by atoms with Gasteiger partial charge in [-0.05, 0) is 87.9 Å². The van der Waals surface area contributed by atoms with Crippen molar-refractivity contribution < 1.29 is 0 Å². The molecule has 206 valence electrons. The molecule has 4 rings (SSSR count). The van der Waals surface area contributed by atoms with E-state index < -0.39 is 0 Å². The lowest BCUT2D eigenvalue weighted by Gasteiger charge is -2.26. The third-order valence-electron chi connectivity index (χ3n) is 7.30. The largest absolute Gasteiger partial charge is 0.358 e. The number of hydrogen-bond donors (Lipinski definition) is 1. The zero-order chi connectivity index (χ0) is 27.8. The number of aromatic nitrogens is 2. The summed E-state index contributed by atoms with van der Waals surface area (Å²) in [5.74, 6) is 0.942. The Balaban J connectivity index is 1.48. The minimum atomic E-state index is 0.741. The molecule has 0 spiro atoms. The molecule has 7 heteroatoms. The monoisotopic (exact) mass is 525 g/mol. The summed E-state index contributed by atoms with van der Waals surface area (Å²) in [5, 5.41) is 3.42. The first kappa shape index (κ1) is 28.5. The van der Waals surface area contributed by atoms with E-state index in [0.29, 0.717) is 0 Å². The molecule has 0 bridgehead atoms. The van der Waals surface area contributed by atoms with E-state index in [2.05, 4.69) is 93.9 Å². The molecule has 0 unspecified atom stereocenters. The van der Waals surface area contributed by atoms with Crippen molar-refractivity contribution in [3.05, 3.63) is 84.0 Å². The number of nitrogens with one attached hydrogen (secondary N) is 1. The van der Waals surface area contributed by atoms with Crippen LogP contribution in [0.1, 0.15) is 36.0 Å². The summed E-state index contributed by atoms with van der Waals surface area (Å²) in [6.07, 6.45) is 9.73. The van der Waals surface area contributed by atoms with Gasteiger partial charge in [-0.15, -0.1) is 0 Å². The molecule has 0 saturated carbocycles. The molecule has 3 heterocycles. The van der Waals surface area contributed by atoms with Gasteiger partial charge in [-0.1, -0.05) is 25.1 Å². The van der Waals surface area contributed by atoms with Crippen LogP contribution >= 0.6 is 0 Å². The molecule has 0 amide bonds. The zero-order valence-corrected chi connectivity index (χ0v) is 24.2. The van der Waals surface area contributed by atoms with Crippen LogP contribution in [0.15, 0.2) is 72.3 Å². The fraction of sp³-hybridized carbons (Fsp3) is 0.406. The molecular formula is C32H43N7. The van der Waals surface area contributed by atoms with Crippen molar-refractivity contribution in [3.63, 3.8) is 0 Å². The van der Waals surface area contributed by atoms with E-state index in [0.717, 1.165) is 64.8 Å². The molecule has 0 atom stereocenters. The first-order valence-electron chi connectivity index (χ1n) is 13.9. The van der Waals surface area contributed by atoms with Gasteiger partial charge in [0.05, 0.1) is 23.3 Å². The van der Waals surface area contributed by atoms with Gasteiger partial charge >= 0.3 is 0 Å². The normalized spacial score (nSPS) is 14.5. The molecule has 1 aliphatic heterocycles. The van der Waals surface area contributed by atoms with Crippen molar-refractivity contribution in [2.45, 2.75) is 32.7 Å². The van der Waals surface area contributed by atoms with Gasteiger partial charge in [0, 0.05) is 57.3 Å². The molecule has 39 heavy (non-hydrogen) atoms. The van der Waals surface area contributed by atoms with Crippen LogP contribution in [0, 0.1) is 6.92 Å². The highest BCUT2D eigenvalue weighted by Crippen LogP contribution is 2.26. The van der Waals surface area contributed by atoms with E-state index in [1.54, 1.807) is 0 Å². The van der Waals surface area contributed by atoms with E-state index in [-0.39, 0.29) is 0 Å². The number of piperidine rings is 1. The molecule has 0 aliphatic carbocycles. The number of benzene rings is 1. The maximum absolute atomic E-state index is 4.64. The highest BCUT2D eigenvalue weighted by Gasteiger charge is 2.15. The van der Waals surface area contributed by atoms with Crippen molar-refractivity contribution in [2.75, 3.05) is 64.6 Å². The third kappa shape index (κ3) is 7.74. The lowest BCUT2D eigenvalue weighted by molar-refractivity contribution is 0.220. The van der Waals surface area contributed by atoms with Crippen molar-refractivity contribution in [1.82, 2.24) is 19.8 Å². The molecule has 1 saturated heterocycles. The quantitative estimate of drug-likeness (QED) is 0.335. The average molecular weight is 526 g/mol. The number of aryl methyl sites for hydroxylation is 1. The first-order valence-corrected chi connectivity index (χ1v) is 13.9. The molecule has 0 radical (unpaired) electrons. The van der Waals surface area contributed by atoms with E-state index in [9.17, 15) is 0 Å². The SMILES string of the molecule is C=C(Nc1ccc(N(C)CCN(C)C)nc1)C(=NC)c1cc(-c2cncc(CN3CCCCC3)c2)ccc1C. The predicted molar refractivity (Wildman–Crippen MR) is 165 cm³/mol. The van der Waals surface area contributed by atoms with Gasteiger partial charge in [0.15, 0.2) is 0 Å². The lowest BCUT2D eigenvalue weighted by atomic mass is 9.96. The van der Waals surface area contributed by atoms with Gasteiger partial charge in [-0.3, -0.25) is 14.9 Å². The Morgan fingerprint density at radius 1 is 0.974 bits per heavy atom. The standard InChI is InChI=1S/C32H43N7/c1-24-10-11-27(28-18-26(20-34-21-28)23-39-14-8-7-9-15-39)19-30(24)32(33-3)25(2)36-29-12-13-31(35-22-29)38(6)17-16-37(4)5/h10-13,18-22,36H,2,7-9,14-17,23H2,1,3-6H3. The number of pyridine rings is 2. The number of hydrogen-bond acceptors (Lipinski definition) is 7. The van der Waals surface area contributed by atoms with Gasteiger partial charge in [0.2, 0.25) is 0 Å². The first-order chi connectivity index (χ1) is 18.8. The maximum atomic E-state index is 4.64. The average Bonchev–Trinajstić information content (AvgIpc) is 2.94. The third-order valence-corrected chi connectivity index (χ3v) is 7.30. The smallest absolute Gasteiger partial charge is 0.128 e. The van der Waals surface area contributed by atoms with Crippen LogP contribution in [-0.2, 0) is 6.54 Å². The summed E-state index contributed by atoms with van der Waals surface area (Å²) < 4.78 is 0. The molecule has 1 fully saturated rings. The van der Waals surface area contributed by atoms with Gasteiger partial charge in [-0.25, -0.2) is 4.98 Å². The van der Waals surface area contributed by atoms with E-state index >= 15 is 0 Å². The van der Waals surface area contributed by atoms with Crippen LogP contribution in [0.4, 0.5) is 11.5 Å². The van der Waals surface area contributed by atoms with Gasteiger partial charge in [0.25, 0.3) is 0 Å². The Morgan fingerprint density at radius 3 is 2.46 bits per heavy atom. The molecule has 3 aromatic rings. The second-order valence-corrected chi connectivity index (χ2v) is 10.8. The van der Waals surface area contributed by atoms with Crippen LogP contribution < -0.4 is 10.2 Å². The number of likely N-dealkylation sites (tertiary alicyclic amines) is 1. The summed E-state index contributed by atoms with van der Waals surface area (Å²) in [7, 11) is 8.04.